The third-order valence-corrected chi connectivity index (χ3v) is 8.07. The number of thiazole rings is 1. The summed E-state index contributed by atoms with van der Waals surface area (Å²) in [5.74, 6) is 0.735. The largest absolute Gasteiger partial charge is 0.352 e. The van der Waals surface area contributed by atoms with Crippen LogP contribution in [-0.4, -0.2) is 59.1 Å². The molecule has 31 heavy (non-hydrogen) atoms. The molecule has 0 bridgehead atoms. The number of pyridine rings is 1. The van der Waals surface area contributed by atoms with Crippen molar-refractivity contribution in [3.8, 4) is 11.4 Å². The van der Waals surface area contributed by atoms with Gasteiger partial charge in [0.25, 0.3) is 0 Å². The highest BCUT2D eigenvalue weighted by Crippen LogP contribution is 2.27. The second-order valence-corrected chi connectivity index (χ2v) is 10.4. The van der Waals surface area contributed by atoms with Crippen LogP contribution in [0.25, 0.3) is 21.6 Å². The lowest BCUT2D eigenvalue weighted by molar-refractivity contribution is 0.383. The van der Waals surface area contributed by atoms with Gasteiger partial charge in [-0.05, 0) is 49.4 Å². The molecular formula is C21H20N6O2S2. The number of benzene rings is 1. The summed E-state index contributed by atoms with van der Waals surface area (Å²) >= 11 is 1.50. The maximum atomic E-state index is 13.1. The van der Waals surface area contributed by atoms with E-state index >= 15 is 0 Å². The Kier molecular flexibility index (Phi) is 5.12. The van der Waals surface area contributed by atoms with Gasteiger partial charge in [0.05, 0.1) is 25.8 Å². The molecule has 5 rings (SSSR count). The van der Waals surface area contributed by atoms with E-state index in [-0.39, 0.29) is 0 Å². The fraction of sp³-hybridized carbons (Fsp3) is 0.238. The smallest absolute Gasteiger partial charge is 0.243 e. The average Bonchev–Trinajstić information content (AvgIpc) is 3.19. The normalized spacial score (nSPS) is 15.5. The highest BCUT2D eigenvalue weighted by molar-refractivity contribution is 7.89. The van der Waals surface area contributed by atoms with E-state index in [4.69, 9.17) is 0 Å². The first-order valence-electron chi connectivity index (χ1n) is 9.88. The molecule has 0 spiro atoms. The van der Waals surface area contributed by atoms with Crippen LogP contribution in [0.1, 0.15) is 5.01 Å². The van der Waals surface area contributed by atoms with Crippen molar-refractivity contribution in [2.45, 2.75) is 11.8 Å². The van der Waals surface area contributed by atoms with Gasteiger partial charge in [-0.3, -0.25) is 4.98 Å². The predicted molar refractivity (Wildman–Crippen MR) is 121 cm³/mol. The minimum absolute atomic E-state index is 0.316. The molecule has 1 fully saturated rings. The van der Waals surface area contributed by atoms with Gasteiger partial charge in [0.1, 0.15) is 5.69 Å². The number of hydrogen-bond acceptors (Lipinski definition) is 8. The van der Waals surface area contributed by atoms with Crippen LogP contribution < -0.4 is 4.90 Å². The van der Waals surface area contributed by atoms with Crippen molar-refractivity contribution in [2.24, 2.45) is 0 Å². The summed E-state index contributed by atoms with van der Waals surface area (Å²) in [6.45, 7) is 3.82. The van der Waals surface area contributed by atoms with E-state index in [0.717, 1.165) is 26.7 Å². The van der Waals surface area contributed by atoms with Gasteiger partial charge in [0, 0.05) is 32.4 Å². The van der Waals surface area contributed by atoms with Gasteiger partial charge in [-0.1, -0.05) is 6.07 Å². The fourth-order valence-corrected chi connectivity index (χ4v) is 6.02. The summed E-state index contributed by atoms with van der Waals surface area (Å²) in [4.78, 5) is 11.1. The SMILES string of the molecule is Cc1nc2ccc(S(=O)(=O)N3CCN(c4ccc(-c5ccccn5)nn4)CC3)cc2s1. The first kappa shape index (κ1) is 20.0. The summed E-state index contributed by atoms with van der Waals surface area (Å²) < 4.78 is 28.7. The number of aromatic nitrogens is 4. The Morgan fingerprint density at radius 3 is 2.48 bits per heavy atom. The Morgan fingerprint density at radius 1 is 0.935 bits per heavy atom. The third-order valence-electron chi connectivity index (χ3n) is 5.25. The fourth-order valence-electron chi connectivity index (χ4n) is 3.63. The Morgan fingerprint density at radius 2 is 1.77 bits per heavy atom. The van der Waals surface area contributed by atoms with E-state index in [1.807, 2.05) is 37.3 Å². The van der Waals surface area contributed by atoms with Crippen molar-refractivity contribution in [1.29, 1.82) is 0 Å². The zero-order valence-corrected chi connectivity index (χ0v) is 18.5. The lowest BCUT2D eigenvalue weighted by atomic mass is 10.2. The van der Waals surface area contributed by atoms with Crippen LogP contribution in [0.4, 0.5) is 5.82 Å². The molecule has 0 aliphatic carbocycles. The number of aryl methyl sites for hydroxylation is 1. The molecule has 1 aromatic carbocycles. The molecule has 10 heteroatoms. The van der Waals surface area contributed by atoms with E-state index < -0.39 is 10.0 Å². The molecule has 3 aromatic heterocycles. The molecule has 0 N–H and O–H groups in total. The molecule has 8 nitrogen and oxygen atoms in total. The highest BCUT2D eigenvalue weighted by Gasteiger charge is 2.29. The molecule has 1 aliphatic rings. The molecule has 0 saturated carbocycles. The maximum absolute atomic E-state index is 13.1. The summed E-state index contributed by atoms with van der Waals surface area (Å²) in [5.41, 5.74) is 2.31. The zero-order valence-electron chi connectivity index (χ0n) is 16.8. The number of nitrogens with zero attached hydrogens (tertiary/aromatic N) is 6. The summed E-state index contributed by atoms with van der Waals surface area (Å²) in [6, 6.07) is 14.6. The molecule has 1 aliphatic heterocycles. The molecule has 0 unspecified atom stereocenters. The molecule has 158 valence electrons. The third kappa shape index (κ3) is 3.89. The van der Waals surface area contributed by atoms with E-state index in [1.54, 1.807) is 24.4 Å². The van der Waals surface area contributed by atoms with E-state index in [1.165, 1.54) is 15.6 Å². The predicted octanol–water partition coefficient (Wildman–Crippen LogP) is 2.97. The van der Waals surface area contributed by atoms with Crippen molar-refractivity contribution in [3.05, 3.63) is 59.7 Å². The lowest BCUT2D eigenvalue weighted by Gasteiger charge is -2.34. The standard InChI is InChI=1S/C21H20N6O2S2/c1-15-23-19-6-5-16(14-20(19)30-15)31(28,29)27-12-10-26(11-13-27)21-8-7-18(24-25-21)17-4-2-3-9-22-17/h2-9,14H,10-13H2,1H3. The topological polar surface area (TPSA) is 92.2 Å². The number of piperazine rings is 1. The van der Waals surface area contributed by atoms with Crippen molar-refractivity contribution in [3.63, 3.8) is 0 Å². The first-order valence-corrected chi connectivity index (χ1v) is 12.1. The van der Waals surface area contributed by atoms with Crippen molar-refractivity contribution >= 4 is 37.4 Å². The van der Waals surface area contributed by atoms with Gasteiger partial charge in [0.15, 0.2) is 5.82 Å². The second-order valence-electron chi connectivity index (χ2n) is 7.25. The van der Waals surface area contributed by atoms with Crippen molar-refractivity contribution in [2.75, 3.05) is 31.1 Å². The number of anilines is 1. The lowest BCUT2D eigenvalue weighted by Crippen LogP contribution is -2.49. The van der Waals surface area contributed by atoms with Gasteiger partial charge in [-0.25, -0.2) is 13.4 Å². The Labute approximate surface area is 184 Å². The average molecular weight is 453 g/mol. The highest BCUT2D eigenvalue weighted by atomic mass is 32.2. The molecule has 1 saturated heterocycles. The van der Waals surface area contributed by atoms with Gasteiger partial charge < -0.3 is 4.90 Å². The Bertz CT molecular complexity index is 1320. The van der Waals surface area contributed by atoms with Crippen LogP contribution in [0, 0.1) is 6.92 Å². The minimum Gasteiger partial charge on any atom is -0.352 e. The van der Waals surface area contributed by atoms with Crippen molar-refractivity contribution in [1.82, 2.24) is 24.5 Å². The summed E-state index contributed by atoms with van der Waals surface area (Å²) in [5, 5.41) is 9.53. The van der Waals surface area contributed by atoms with E-state index in [2.05, 4.69) is 25.1 Å². The Hall–Kier alpha value is -2.95. The first-order chi connectivity index (χ1) is 15.0. The molecule has 0 radical (unpaired) electrons. The van der Waals surface area contributed by atoms with Crippen LogP contribution in [0.5, 0.6) is 0 Å². The van der Waals surface area contributed by atoms with Crippen molar-refractivity contribution < 1.29 is 8.42 Å². The van der Waals surface area contributed by atoms with Crippen LogP contribution in [0.2, 0.25) is 0 Å². The number of fused-ring (bicyclic) bond motifs is 1. The monoisotopic (exact) mass is 452 g/mol. The van der Waals surface area contributed by atoms with E-state index in [0.29, 0.717) is 36.8 Å². The van der Waals surface area contributed by atoms with Crippen LogP contribution in [0.15, 0.2) is 59.6 Å². The van der Waals surface area contributed by atoms with Gasteiger partial charge in [-0.15, -0.1) is 21.5 Å². The number of rotatable bonds is 4. The molecule has 4 aromatic rings. The summed E-state index contributed by atoms with van der Waals surface area (Å²) in [6.07, 6.45) is 1.72. The van der Waals surface area contributed by atoms with Crippen LogP contribution in [0.3, 0.4) is 0 Å². The Balaban J connectivity index is 1.29. The number of hydrogen-bond donors (Lipinski definition) is 0. The second kappa shape index (κ2) is 7.95. The quantitative estimate of drug-likeness (QED) is 0.470. The molecular weight excluding hydrogens is 432 g/mol. The molecule has 0 atom stereocenters. The van der Waals surface area contributed by atoms with Gasteiger partial charge in [-0.2, -0.15) is 4.31 Å². The maximum Gasteiger partial charge on any atom is 0.243 e. The van der Waals surface area contributed by atoms with E-state index in [9.17, 15) is 8.42 Å². The van der Waals surface area contributed by atoms with Crippen LogP contribution >= 0.6 is 11.3 Å². The molecule has 0 amide bonds. The zero-order chi connectivity index (χ0) is 21.4. The van der Waals surface area contributed by atoms with Gasteiger partial charge >= 0.3 is 0 Å². The summed E-state index contributed by atoms with van der Waals surface area (Å²) in [7, 11) is -3.55. The number of sulfonamides is 1. The molecule has 4 heterocycles. The van der Waals surface area contributed by atoms with Gasteiger partial charge in [0.2, 0.25) is 10.0 Å². The minimum atomic E-state index is -3.55. The van der Waals surface area contributed by atoms with Crippen LogP contribution in [-0.2, 0) is 10.0 Å².